The van der Waals surface area contributed by atoms with Gasteiger partial charge in [-0.05, 0) is 71.8 Å². The highest BCUT2D eigenvalue weighted by molar-refractivity contribution is 6.16. The molecule has 10 rings (SSSR count). The van der Waals surface area contributed by atoms with Crippen LogP contribution in [0.25, 0.3) is 77.6 Å². The van der Waals surface area contributed by atoms with Crippen molar-refractivity contribution in [3.05, 3.63) is 158 Å². The van der Waals surface area contributed by atoms with E-state index in [0.717, 1.165) is 83.1 Å². The molecule has 0 aliphatic heterocycles. The molecule has 0 aliphatic carbocycles. The van der Waals surface area contributed by atoms with Gasteiger partial charge in [0, 0.05) is 45.2 Å². The number of furan rings is 2. The van der Waals surface area contributed by atoms with E-state index in [0.29, 0.717) is 11.5 Å². The number of hydrogen-bond acceptors (Lipinski definition) is 5. The first-order valence-electron chi connectivity index (χ1n) is 15.9. The van der Waals surface area contributed by atoms with E-state index >= 15 is 0 Å². The molecule has 5 nitrogen and oxygen atoms in total. The van der Waals surface area contributed by atoms with Crippen LogP contribution in [-0.2, 0) is 0 Å². The fourth-order valence-corrected chi connectivity index (χ4v) is 6.85. The van der Waals surface area contributed by atoms with Gasteiger partial charge in [-0.15, -0.1) is 0 Å². The van der Waals surface area contributed by atoms with Gasteiger partial charge >= 0.3 is 0 Å². The summed E-state index contributed by atoms with van der Waals surface area (Å²) >= 11 is 0. The number of benzene rings is 7. The molecule has 3 aromatic heterocycles. The number of fused-ring (bicyclic) bond motifs is 7. The third kappa shape index (κ3) is 4.22. The molecule has 0 bridgehead atoms. The van der Waals surface area contributed by atoms with Crippen molar-refractivity contribution in [3.63, 3.8) is 0 Å². The van der Waals surface area contributed by atoms with Gasteiger partial charge in [0.25, 0.3) is 0 Å². The van der Waals surface area contributed by atoms with Crippen LogP contribution in [0.15, 0.2) is 171 Å². The van der Waals surface area contributed by atoms with Crippen molar-refractivity contribution in [2.45, 2.75) is 0 Å². The van der Waals surface area contributed by atoms with Crippen molar-refractivity contribution in [1.82, 2.24) is 4.98 Å². The van der Waals surface area contributed by atoms with Crippen molar-refractivity contribution in [1.29, 1.82) is 0 Å². The monoisotopic (exact) mass is 618 g/mol. The van der Waals surface area contributed by atoms with E-state index in [1.165, 1.54) is 0 Å². The third-order valence-corrected chi connectivity index (χ3v) is 9.08. The lowest BCUT2D eigenvalue weighted by molar-refractivity contribution is 0.620. The smallest absolute Gasteiger partial charge is 0.227 e. The lowest BCUT2D eigenvalue weighted by Crippen LogP contribution is -2.10. The molecule has 0 saturated carbocycles. The first-order valence-corrected chi connectivity index (χ1v) is 15.9. The SMILES string of the molecule is c1ccc(-c2cccc(N(c3ccc4c(c3)oc3ccccc34)c3cccc4oc5cc6nc(-c7ccccc7)oc6cc5c34)c2)cc1. The van der Waals surface area contributed by atoms with E-state index in [4.69, 9.17) is 18.2 Å². The van der Waals surface area contributed by atoms with E-state index < -0.39 is 0 Å². The topological polar surface area (TPSA) is 55.6 Å². The van der Waals surface area contributed by atoms with Gasteiger partial charge in [-0.25, -0.2) is 4.98 Å². The van der Waals surface area contributed by atoms with Crippen LogP contribution in [0, 0.1) is 0 Å². The van der Waals surface area contributed by atoms with Crippen LogP contribution in [-0.4, -0.2) is 4.98 Å². The molecule has 0 unspecified atom stereocenters. The summed E-state index contributed by atoms with van der Waals surface area (Å²) in [5, 5.41) is 4.13. The summed E-state index contributed by atoms with van der Waals surface area (Å²) in [7, 11) is 0. The van der Waals surface area contributed by atoms with Crippen molar-refractivity contribution in [2.24, 2.45) is 0 Å². The van der Waals surface area contributed by atoms with E-state index in [2.05, 4.69) is 89.8 Å². The highest BCUT2D eigenvalue weighted by Crippen LogP contribution is 2.45. The van der Waals surface area contributed by atoms with Crippen molar-refractivity contribution in [2.75, 3.05) is 4.90 Å². The number of oxazole rings is 1. The van der Waals surface area contributed by atoms with E-state index in [1.807, 2.05) is 72.8 Å². The molecule has 0 spiro atoms. The number of aromatic nitrogens is 1. The molecule has 5 heteroatoms. The second kappa shape index (κ2) is 10.5. The Labute approximate surface area is 274 Å². The molecule has 0 saturated heterocycles. The quantitative estimate of drug-likeness (QED) is 0.192. The van der Waals surface area contributed by atoms with Crippen LogP contribution in [0.2, 0.25) is 0 Å². The first kappa shape index (κ1) is 26.6. The summed E-state index contributed by atoms with van der Waals surface area (Å²) in [6.07, 6.45) is 0. The maximum absolute atomic E-state index is 6.51. The molecule has 0 aliphatic rings. The average Bonchev–Trinajstić information content (AvgIpc) is 3.84. The number of nitrogens with zero attached hydrogens (tertiary/aromatic N) is 2. The molecule has 226 valence electrons. The molecular weight excluding hydrogens is 592 g/mol. The van der Waals surface area contributed by atoms with Gasteiger partial charge in [-0.3, -0.25) is 0 Å². The van der Waals surface area contributed by atoms with Crippen LogP contribution in [0.4, 0.5) is 17.1 Å². The lowest BCUT2D eigenvalue weighted by atomic mass is 10.0. The van der Waals surface area contributed by atoms with Crippen LogP contribution in [0.3, 0.4) is 0 Å². The number of para-hydroxylation sites is 1. The minimum Gasteiger partial charge on any atom is -0.456 e. The highest BCUT2D eigenvalue weighted by Gasteiger charge is 2.22. The van der Waals surface area contributed by atoms with Crippen LogP contribution >= 0.6 is 0 Å². The van der Waals surface area contributed by atoms with Gasteiger partial charge in [-0.1, -0.05) is 84.9 Å². The molecule has 0 fully saturated rings. The molecule has 0 atom stereocenters. The number of hydrogen-bond donors (Lipinski definition) is 0. The summed E-state index contributed by atoms with van der Waals surface area (Å²) in [5.74, 6) is 0.585. The normalized spacial score (nSPS) is 11.8. The predicted molar refractivity (Wildman–Crippen MR) is 194 cm³/mol. The van der Waals surface area contributed by atoms with Crippen molar-refractivity contribution < 1.29 is 13.3 Å². The Morgan fingerprint density at radius 3 is 1.94 bits per heavy atom. The van der Waals surface area contributed by atoms with Gasteiger partial charge in [-0.2, -0.15) is 0 Å². The molecule has 10 aromatic rings. The minimum absolute atomic E-state index is 0.585. The summed E-state index contributed by atoms with van der Waals surface area (Å²) in [6, 6.07) is 53.9. The fourth-order valence-electron chi connectivity index (χ4n) is 6.85. The standard InChI is InChI=1S/C43H26N2O3/c1-3-11-27(12-4-1)29-15-9-16-30(23-29)45(31-21-22-33-32-17-7-8-19-37(32)46-39(33)24-31)36-18-10-20-38-42(36)34-25-41-35(26-40(34)47-38)44-43(48-41)28-13-5-2-6-14-28/h1-26H. The van der Waals surface area contributed by atoms with Crippen LogP contribution in [0.5, 0.6) is 0 Å². The maximum atomic E-state index is 6.51. The largest absolute Gasteiger partial charge is 0.456 e. The van der Waals surface area contributed by atoms with E-state index in [1.54, 1.807) is 0 Å². The number of anilines is 3. The Kier molecular flexibility index (Phi) is 5.81. The first-order chi connectivity index (χ1) is 23.8. The molecule has 3 heterocycles. The minimum atomic E-state index is 0.585. The lowest BCUT2D eigenvalue weighted by Gasteiger charge is -2.26. The van der Waals surface area contributed by atoms with Crippen LogP contribution < -0.4 is 4.90 Å². The third-order valence-electron chi connectivity index (χ3n) is 9.08. The molecule has 48 heavy (non-hydrogen) atoms. The van der Waals surface area contributed by atoms with Crippen molar-refractivity contribution in [3.8, 4) is 22.6 Å². The van der Waals surface area contributed by atoms with E-state index in [9.17, 15) is 0 Å². The molecule has 7 aromatic carbocycles. The second-order valence-corrected chi connectivity index (χ2v) is 12.0. The summed E-state index contributed by atoms with van der Waals surface area (Å²) in [6.45, 7) is 0. The zero-order valence-corrected chi connectivity index (χ0v) is 25.6. The fraction of sp³-hybridized carbons (Fsp3) is 0. The zero-order chi connectivity index (χ0) is 31.6. The van der Waals surface area contributed by atoms with Gasteiger partial charge in [0.2, 0.25) is 5.89 Å². The maximum Gasteiger partial charge on any atom is 0.227 e. The molecular formula is C43H26N2O3. The van der Waals surface area contributed by atoms with Gasteiger partial charge in [0.15, 0.2) is 5.58 Å². The van der Waals surface area contributed by atoms with E-state index in [-0.39, 0.29) is 0 Å². The Balaban J connectivity index is 1.22. The number of rotatable bonds is 5. The summed E-state index contributed by atoms with van der Waals surface area (Å²) in [4.78, 5) is 7.08. The second-order valence-electron chi connectivity index (χ2n) is 12.0. The highest BCUT2D eigenvalue weighted by atomic mass is 16.4. The average molecular weight is 619 g/mol. The van der Waals surface area contributed by atoms with Gasteiger partial charge in [0.1, 0.15) is 27.8 Å². The van der Waals surface area contributed by atoms with Crippen molar-refractivity contribution >= 4 is 72.0 Å². The Morgan fingerprint density at radius 1 is 0.396 bits per heavy atom. The van der Waals surface area contributed by atoms with Crippen LogP contribution in [0.1, 0.15) is 0 Å². The van der Waals surface area contributed by atoms with Gasteiger partial charge in [0.05, 0.1) is 11.1 Å². The summed E-state index contributed by atoms with van der Waals surface area (Å²) < 4.78 is 19.2. The predicted octanol–water partition coefficient (Wildman–Crippen LogP) is 12.4. The Hall–Kier alpha value is -6.59. The Morgan fingerprint density at radius 2 is 1.06 bits per heavy atom. The molecule has 0 radical (unpaired) electrons. The molecule has 0 N–H and O–H groups in total. The van der Waals surface area contributed by atoms with Gasteiger partial charge < -0.3 is 18.2 Å². The Bertz CT molecular complexity index is 2790. The summed E-state index contributed by atoms with van der Waals surface area (Å²) in [5.41, 5.74) is 10.9. The zero-order valence-electron chi connectivity index (χ0n) is 25.6. The molecule has 0 amide bonds.